The first-order chi connectivity index (χ1) is 78.4. The van der Waals surface area contributed by atoms with Crippen LogP contribution in [0.15, 0.2) is 112 Å². The Labute approximate surface area is 878 Å². The molecule has 144 heavy (non-hydrogen) atoms. The second kappa shape index (κ2) is 49.9. The Morgan fingerprint density at radius 3 is 0.917 bits per heavy atom. The number of nitrogens with one attached hydrogen (secondary N) is 8. The molecule has 4 fully saturated rings. The third-order valence-corrected chi connectivity index (χ3v) is 30.8. The SMILES string of the molecule is [2H]C(CC1CCCN1C)NS(=O)(=O)c1ccc(OCCC)c(-c2nc3c(CC([2H])([2H])C([2H])([2H])[2H])nn(C)c3c(=O)[nH]2)c1.[2H]C([2H])(CC1CCCN1C)NS(=O)(=O)c1ccc(OCCC)c(-c2nc3c(CC([2H])([2H])C([2H])([2H])[2H])nn(C)c3c(=O)[nH]2)c1.[2H]C([2H])([2H])C([2H])([2H])C([2H])([2H])c1nn(C)c2c(=O)[nH]c(-c3cc(S(=O)(=O)NCCC4CCCN4C)ccc3OCCC)nc12.[2H]C([2H])([2H])C([2H])([2H])Cc1nn(C)c2c(=O)[nH]c(-c3cc(S(=O)(=O)NCCC4CCCN4C)ccc3OCCC)nc12. The lowest BCUT2D eigenvalue weighted by atomic mass is 10.1. The van der Waals surface area contributed by atoms with Gasteiger partial charge in [0.15, 0.2) is 22.1 Å². The zero-order valence-corrected chi connectivity index (χ0v) is 85.9. The third-order valence-electron chi connectivity index (χ3n) is 25.2. The molecule has 4 aromatic carbocycles. The number of hydrogen-bond acceptors (Lipinski definition) is 28. The molecule has 0 aliphatic carbocycles. The Hall–Kier alpha value is -11.0. The smallest absolute Gasteiger partial charge is 0.277 e. The molecule has 4 saturated heterocycles. The van der Waals surface area contributed by atoms with E-state index in [2.05, 4.69) is 93.9 Å². The van der Waals surface area contributed by atoms with E-state index in [-0.39, 0.29) is 194 Å². The number of sulfonamides is 4. The lowest BCUT2D eigenvalue weighted by Gasteiger charge is -2.19. The molecule has 0 bridgehead atoms. The summed E-state index contributed by atoms with van der Waals surface area (Å²) in [7, 11) is -2.85. The number of aromatic nitrogens is 16. The Kier molecular flexibility index (Phi) is 27.8. The zero-order valence-electron chi connectivity index (χ0n) is 108. The van der Waals surface area contributed by atoms with Gasteiger partial charge in [-0.05, 0) is 256 Å². The minimum absolute atomic E-state index is 0.00508. The van der Waals surface area contributed by atoms with Crippen molar-refractivity contribution in [3.63, 3.8) is 0 Å². The molecule has 8 aromatic heterocycles. The van der Waals surface area contributed by atoms with Crippen molar-refractivity contribution in [3.8, 4) is 68.5 Å². The van der Waals surface area contributed by atoms with E-state index in [9.17, 15) is 52.8 Å². The van der Waals surface area contributed by atoms with Crippen molar-refractivity contribution in [1.82, 2.24) is 117 Å². The minimum Gasteiger partial charge on any atom is -0.493 e. The van der Waals surface area contributed by atoms with Crippen molar-refractivity contribution in [2.24, 2.45) is 28.2 Å². The molecule has 5 unspecified atom stereocenters. The quantitative estimate of drug-likeness (QED) is 0.0176. The molecule has 0 radical (unpaired) electrons. The molecule has 5 atom stereocenters. The first-order valence-electron chi connectivity index (χ1n) is 60.3. The number of benzene rings is 4. The van der Waals surface area contributed by atoms with Gasteiger partial charge < -0.3 is 58.5 Å². The van der Waals surface area contributed by atoms with Gasteiger partial charge in [-0.1, -0.05) is 80.6 Å². The van der Waals surface area contributed by atoms with Crippen LogP contribution in [0.2, 0.25) is 0 Å². The van der Waals surface area contributed by atoms with Crippen LogP contribution in [-0.4, -0.2) is 263 Å². The Bertz CT molecular complexity index is 8410. The van der Waals surface area contributed by atoms with E-state index in [0.29, 0.717) is 70.0 Å². The van der Waals surface area contributed by atoms with Gasteiger partial charge in [0.2, 0.25) is 40.1 Å². The molecule has 4 aliphatic rings. The second-order valence-corrected chi connectivity index (χ2v) is 42.4. The first-order valence-corrected chi connectivity index (χ1v) is 53.6. The van der Waals surface area contributed by atoms with Gasteiger partial charge in [0.1, 0.15) is 68.4 Å². The fourth-order valence-corrected chi connectivity index (χ4v) is 21.8. The first kappa shape index (κ1) is 80.2. The lowest BCUT2D eigenvalue weighted by molar-refractivity contribution is 0.297. The highest BCUT2D eigenvalue weighted by atomic mass is 32.2. The lowest BCUT2D eigenvalue weighted by Crippen LogP contribution is -2.31. The molecule has 0 spiro atoms. The summed E-state index contributed by atoms with van der Waals surface area (Å²) in [5, 5.41) is 16.5. The number of H-pyrrole nitrogens is 4. The van der Waals surface area contributed by atoms with Gasteiger partial charge in [0.05, 0.1) is 91.0 Å². The average molecular weight is 2090 g/mol. The normalized spacial score (nSPS) is 20.5. The van der Waals surface area contributed by atoms with Gasteiger partial charge in [-0.15, -0.1) is 0 Å². The summed E-state index contributed by atoms with van der Waals surface area (Å²) >= 11 is 0. The van der Waals surface area contributed by atoms with Crippen LogP contribution < -0.4 is 60.1 Å². The third kappa shape index (κ3) is 26.5. The molecular formula is C100H144N24O16S4. The van der Waals surface area contributed by atoms with E-state index in [1.807, 2.05) is 60.8 Å². The van der Waals surface area contributed by atoms with Crippen LogP contribution in [0.4, 0.5) is 0 Å². The van der Waals surface area contributed by atoms with E-state index in [0.717, 1.165) is 82.2 Å². The summed E-state index contributed by atoms with van der Waals surface area (Å²) in [6, 6.07) is 17.0. The molecule has 12 heterocycles. The van der Waals surface area contributed by atoms with Gasteiger partial charge in [-0.3, -0.25) is 37.9 Å². The van der Waals surface area contributed by atoms with Crippen molar-refractivity contribution in [1.29, 1.82) is 0 Å². The summed E-state index contributed by atoms with van der Waals surface area (Å²) in [5.74, 6) is 0.564. The molecule has 784 valence electrons. The number of ether oxygens (including phenoxy) is 4. The zero-order chi connectivity index (χ0) is 125. The van der Waals surface area contributed by atoms with E-state index < -0.39 is 160 Å². The summed E-state index contributed by atoms with van der Waals surface area (Å²) < 4.78 is 341. The number of aromatic amines is 4. The van der Waals surface area contributed by atoms with E-state index in [4.69, 9.17) is 53.2 Å². The number of nitrogens with zero attached hydrogens (tertiary/aromatic N) is 16. The maximum Gasteiger partial charge on any atom is 0.277 e. The maximum atomic E-state index is 13.4. The second-order valence-electron chi connectivity index (χ2n) is 35.5. The summed E-state index contributed by atoms with van der Waals surface area (Å²) in [6.45, 7) is -2.63. The van der Waals surface area contributed by atoms with Crippen molar-refractivity contribution in [2.45, 2.75) is 253 Å². The monoisotopic (exact) mass is 2090 g/mol. The van der Waals surface area contributed by atoms with Crippen molar-refractivity contribution >= 4 is 84.2 Å². The molecule has 4 aliphatic heterocycles. The summed E-state index contributed by atoms with van der Waals surface area (Å²) in [4.78, 5) is 88.9. The molecule has 40 nitrogen and oxygen atoms in total. The van der Waals surface area contributed by atoms with Crippen molar-refractivity contribution < 1.29 is 86.9 Å². The minimum atomic E-state index is -4.39. The number of likely N-dealkylation sites (tertiary alicyclic amines) is 4. The fraction of sp³-hybridized carbons (Fsp3) is 0.560. The summed E-state index contributed by atoms with van der Waals surface area (Å²) in [6.07, 6.45) is -4.49. The number of fused-ring (bicyclic) bond motifs is 4. The highest BCUT2D eigenvalue weighted by Crippen LogP contribution is 2.38. The number of aryl methyl sites for hydroxylation is 8. The van der Waals surface area contributed by atoms with Crippen LogP contribution in [0.3, 0.4) is 0 Å². The standard InChI is InChI=1S/4C25H36N6O4S/c4*1-5-8-20-22-23(31(4)29-20)25(32)28-24(27-22)19-16-18(10-11-21(19)35-15-6-2)36(33,34)26-13-12-17-9-7-14-30(17)3/h4*10-11,16-17,26H,5-9,12-15H2,1-4H3,(H,27,28,32)/i1D3,5D2,13D2;1D3,5D2,13D;1D3,5D2,8D2;1D3,5D2. The molecule has 0 saturated carbocycles. The highest BCUT2D eigenvalue weighted by Gasteiger charge is 2.32. The van der Waals surface area contributed by atoms with Gasteiger partial charge >= 0.3 is 0 Å². The van der Waals surface area contributed by atoms with Crippen LogP contribution in [0, 0.1) is 0 Å². The van der Waals surface area contributed by atoms with Crippen LogP contribution in [0.25, 0.3) is 89.7 Å². The largest absolute Gasteiger partial charge is 0.493 e. The Balaban J connectivity index is 0.000000185. The van der Waals surface area contributed by atoms with Gasteiger partial charge in [-0.25, -0.2) is 72.5 Å². The summed E-state index contributed by atoms with van der Waals surface area (Å²) in [5.41, 5.74) is -3.53. The molecule has 44 heteroatoms. The topological polar surface area (TPSA) is 489 Å². The van der Waals surface area contributed by atoms with Crippen LogP contribution in [-0.2, 0) is 93.9 Å². The van der Waals surface area contributed by atoms with Gasteiger partial charge in [0.25, 0.3) is 22.2 Å². The fourth-order valence-electron chi connectivity index (χ4n) is 17.7. The van der Waals surface area contributed by atoms with Crippen LogP contribution in [0.1, 0.15) is 240 Å². The van der Waals surface area contributed by atoms with E-state index >= 15 is 0 Å². The molecule has 16 rings (SSSR count). The van der Waals surface area contributed by atoms with Crippen molar-refractivity contribution in [3.05, 3.63) is 137 Å². The van der Waals surface area contributed by atoms with E-state index in [1.165, 1.54) is 115 Å². The van der Waals surface area contributed by atoms with Gasteiger partial charge in [0, 0.05) is 113 Å². The van der Waals surface area contributed by atoms with Crippen LogP contribution in [0.5, 0.6) is 23.0 Å². The predicted molar refractivity (Wildman–Crippen MR) is 559 cm³/mol. The molecule has 0 amide bonds. The number of hydrogen-bond donors (Lipinski definition) is 8. The Morgan fingerprint density at radius 1 is 0.361 bits per heavy atom. The molecular weight excluding hydrogens is 1920 g/mol. The maximum absolute atomic E-state index is 13.4. The predicted octanol–water partition coefficient (Wildman–Crippen LogP) is 11.3. The van der Waals surface area contributed by atoms with Crippen LogP contribution >= 0.6 is 0 Å². The number of rotatable bonds is 44. The van der Waals surface area contributed by atoms with E-state index in [1.54, 1.807) is 0 Å². The molecule has 12 aromatic rings. The average Bonchev–Trinajstić information content (AvgIpc) is 1.62. The highest BCUT2D eigenvalue weighted by molar-refractivity contribution is 7.90. The van der Waals surface area contributed by atoms with Gasteiger partial charge in [-0.2, -0.15) is 20.4 Å². The van der Waals surface area contributed by atoms with Crippen molar-refractivity contribution in [2.75, 3.05) is 107 Å². The Morgan fingerprint density at radius 2 is 0.632 bits per heavy atom. The molecule has 8 N–H and O–H groups in total.